The summed E-state index contributed by atoms with van der Waals surface area (Å²) in [5, 5.41) is 1.41. The number of carbonyl (C=O) groups is 1. The number of hydrogen-bond acceptors (Lipinski definition) is 1. The zero-order chi connectivity index (χ0) is 15.3. The van der Waals surface area contributed by atoms with Crippen LogP contribution in [0, 0.1) is 0 Å². The Morgan fingerprint density at radius 2 is 1.80 bits per heavy atom. The van der Waals surface area contributed by atoms with Crippen LogP contribution in [0.3, 0.4) is 0 Å². The van der Waals surface area contributed by atoms with Crippen LogP contribution >= 0.6 is 0 Å². The van der Waals surface area contributed by atoms with E-state index in [1.807, 2.05) is 14.1 Å². The first-order valence-electron chi connectivity index (χ1n) is 7.19. The topological polar surface area (TPSA) is 20.3 Å². The van der Waals surface area contributed by atoms with E-state index >= 15 is 0 Å². The zero-order valence-electron chi connectivity index (χ0n) is 13.6. The van der Waals surface area contributed by atoms with E-state index in [4.69, 9.17) is 0 Å². The van der Waals surface area contributed by atoms with Crippen molar-refractivity contribution in [1.82, 2.24) is 4.90 Å². The summed E-state index contributed by atoms with van der Waals surface area (Å²) in [5.74, 6) is 0.215. The van der Waals surface area contributed by atoms with Gasteiger partial charge in [0.25, 0.3) is 0 Å². The van der Waals surface area contributed by atoms with E-state index in [9.17, 15) is 4.79 Å². The van der Waals surface area contributed by atoms with Crippen LogP contribution in [0.5, 0.6) is 0 Å². The lowest BCUT2D eigenvalue weighted by molar-refractivity contribution is -0.128. The molecule has 0 N–H and O–H groups in total. The van der Waals surface area contributed by atoms with Crippen LogP contribution in [0.4, 0.5) is 0 Å². The maximum atomic E-state index is 12.2. The van der Waals surface area contributed by atoms with Gasteiger partial charge in [-0.3, -0.25) is 4.79 Å². The monoisotopic (exact) mass is 289 g/mol. The molecule has 1 aromatic rings. The summed E-state index contributed by atoms with van der Waals surface area (Å²) < 4.78 is 0. The predicted octanol–water partition coefficient (Wildman–Crippen LogP) is 3.42. The Hall–Kier alpha value is -1.35. The van der Waals surface area contributed by atoms with Gasteiger partial charge in [0.15, 0.2) is 0 Å². The van der Waals surface area contributed by atoms with Crippen LogP contribution < -0.4 is 5.19 Å². The average molecular weight is 289 g/mol. The Bertz CT molecular complexity index is 477. The standard InChI is InChI=1S/C17H27NOSi/c1-7-14(2)16(13-17(19)18(3)4)20(5,6)15-11-9-8-10-12-15/h7-12,16H,13H2,1-6H3/b14-7+/t16-/m0/s1. The second-order valence-electron chi connectivity index (χ2n) is 6.17. The first-order chi connectivity index (χ1) is 9.30. The summed E-state index contributed by atoms with van der Waals surface area (Å²) in [6.07, 6.45) is 2.77. The molecule has 0 heterocycles. The molecule has 110 valence electrons. The molecule has 0 saturated carbocycles. The Morgan fingerprint density at radius 1 is 1.25 bits per heavy atom. The minimum atomic E-state index is -1.72. The minimum absolute atomic E-state index is 0.215. The first kappa shape index (κ1) is 16.7. The van der Waals surface area contributed by atoms with Gasteiger partial charge in [0, 0.05) is 20.5 Å². The molecular weight excluding hydrogens is 262 g/mol. The molecular formula is C17H27NOSi. The molecule has 1 atom stereocenters. The van der Waals surface area contributed by atoms with Gasteiger partial charge >= 0.3 is 0 Å². The van der Waals surface area contributed by atoms with Gasteiger partial charge in [-0.2, -0.15) is 0 Å². The van der Waals surface area contributed by atoms with Gasteiger partial charge in [-0.05, 0) is 19.4 Å². The molecule has 2 nitrogen and oxygen atoms in total. The van der Waals surface area contributed by atoms with Crippen molar-refractivity contribution >= 4 is 19.2 Å². The van der Waals surface area contributed by atoms with Crippen LogP contribution in [0.2, 0.25) is 18.6 Å². The molecule has 1 aromatic carbocycles. The van der Waals surface area contributed by atoms with E-state index in [2.05, 4.69) is 63.3 Å². The maximum absolute atomic E-state index is 12.2. The summed E-state index contributed by atoms with van der Waals surface area (Å²) in [6, 6.07) is 10.7. The maximum Gasteiger partial charge on any atom is 0.222 e. The summed E-state index contributed by atoms with van der Waals surface area (Å²) in [7, 11) is 1.95. The molecule has 20 heavy (non-hydrogen) atoms. The number of allylic oxidation sites excluding steroid dienone is 2. The van der Waals surface area contributed by atoms with E-state index in [-0.39, 0.29) is 5.91 Å². The van der Waals surface area contributed by atoms with E-state index < -0.39 is 8.07 Å². The number of hydrogen-bond donors (Lipinski definition) is 0. The Morgan fingerprint density at radius 3 is 2.25 bits per heavy atom. The SMILES string of the molecule is C/C=C(\C)[C@H](CC(=O)N(C)C)[Si](C)(C)c1ccccc1. The van der Waals surface area contributed by atoms with Crippen molar-refractivity contribution < 1.29 is 4.79 Å². The largest absolute Gasteiger partial charge is 0.349 e. The minimum Gasteiger partial charge on any atom is -0.349 e. The van der Waals surface area contributed by atoms with Gasteiger partial charge in [0.1, 0.15) is 0 Å². The number of rotatable bonds is 5. The lowest BCUT2D eigenvalue weighted by Gasteiger charge is -2.34. The highest BCUT2D eigenvalue weighted by Gasteiger charge is 2.36. The molecule has 3 heteroatoms. The molecule has 0 saturated heterocycles. The third-order valence-electron chi connectivity index (χ3n) is 4.27. The van der Waals surface area contributed by atoms with Gasteiger partial charge in [-0.15, -0.1) is 0 Å². The number of carbonyl (C=O) groups excluding carboxylic acids is 1. The van der Waals surface area contributed by atoms with Crippen molar-refractivity contribution in [3.05, 3.63) is 42.0 Å². The lowest BCUT2D eigenvalue weighted by Crippen LogP contribution is -2.47. The summed E-state index contributed by atoms with van der Waals surface area (Å²) in [4.78, 5) is 13.9. The average Bonchev–Trinajstić information content (AvgIpc) is 2.44. The Labute approximate surface area is 124 Å². The number of amides is 1. The molecule has 1 amide bonds. The van der Waals surface area contributed by atoms with Crippen molar-refractivity contribution in [2.24, 2.45) is 0 Å². The highest BCUT2D eigenvalue weighted by Crippen LogP contribution is 2.33. The number of nitrogens with zero attached hydrogens (tertiary/aromatic N) is 1. The van der Waals surface area contributed by atoms with E-state index in [1.54, 1.807) is 4.90 Å². The van der Waals surface area contributed by atoms with E-state index in [0.717, 1.165) is 0 Å². The van der Waals surface area contributed by atoms with Crippen LogP contribution in [0.15, 0.2) is 42.0 Å². The molecule has 0 bridgehead atoms. The fourth-order valence-corrected chi connectivity index (χ4v) is 6.06. The summed E-state index contributed by atoms with van der Waals surface area (Å²) in [6.45, 7) is 8.95. The molecule has 0 aliphatic carbocycles. The Balaban J connectivity index is 3.13. The normalized spacial score (nSPS) is 14.0. The van der Waals surface area contributed by atoms with Crippen molar-refractivity contribution in [1.29, 1.82) is 0 Å². The van der Waals surface area contributed by atoms with Gasteiger partial charge in [0.2, 0.25) is 5.91 Å². The lowest BCUT2D eigenvalue weighted by atomic mass is 10.1. The van der Waals surface area contributed by atoms with Crippen molar-refractivity contribution in [2.45, 2.75) is 38.9 Å². The van der Waals surface area contributed by atoms with Gasteiger partial charge in [-0.1, -0.05) is 60.3 Å². The third-order valence-corrected chi connectivity index (χ3v) is 8.49. The van der Waals surface area contributed by atoms with E-state index in [0.29, 0.717) is 12.0 Å². The van der Waals surface area contributed by atoms with Crippen molar-refractivity contribution in [3.8, 4) is 0 Å². The predicted molar refractivity (Wildman–Crippen MR) is 90.1 cm³/mol. The molecule has 0 unspecified atom stereocenters. The molecule has 0 spiro atoms. The molecule has 0 aliphatic rings. The van der Waals surface area contributed by atoms with Crippen LogP contribution in [-0.2, 0) is 4.79 Å². The van der Waals surface area contributed by atoms with Crippen LogP contribution in [0.25, 0.3) is 0 Å². The molecule has 0 radical (unpaired) electrons. The third kappa shape index (κ3) is 3.82. The fraction of sp³-hybridized carbons (Fsp3) is 0.471. The van der Waals surface area contributed by atoms with Gasteiger partial charge in [0.05, 0.1) is 8.07 Å². The second-order valence-corrected chi connectivity index (χ2v) is 10.9. The second kappa shape index (κ2) is 6.89. The van der Waals surface area contributed by atoms with Gasteiger partial charge in [-0.25, -0.2) is 0 Å². The zero-order valence-corrected chi connectivity index (χ0v) is 14.6. The fourth-order valence-electron chi connectivity index (χ4n) is 2.61. The summed E-state index contributed by atoms with van der Waals surface area (Å²) >= 11 is 0. The quantitative estimate of drug-likeness (QED) is 0.601. The van der Waals surface area contributed by atoms with Crippen molar-refractivity contribution in [2.75, 3.05) is 14.1 Å². The molecule has 0 aliphatic heterocycles. The number of benzene rings is 1. The first-order valence-corrected chi connectivity index (χ1v) is 10.3. The molecule has 0 fully saturated rings. The van der Waals surface area contributed by atoms with Crippen LogP contribution in [0.1, 0.15) is 20.3 Å². The highest BCUT2D eigenvalue weighted by molar-refractivity contribution is 6.91. The van der Waals surface area contributed by atoms with Crippen molar-refractivity contribution in [3.63, 3.8) is 0 Å². The van der Waals surface area contributed by atoms with Gasteiger partial charge < -0.3 is 4.90 Å². The highest BCUT2D eigenvalue weighted by atomic mass is 28.3. The van der Waals surface area contributed by atoms with E-state index in [1.165, 1.54) is 10.8 Å². The summed E-state index contributed by atoms with van der Waals surface area (Å²) in [5.41, 5.74) is 1.69. The van der Waals surface area contributed by atoms with Crippen LogP contribution in [-0.4, -0.2) is 33.0 Å². The Kier molecular flexibility index (Phi) is 5.75. The molecule has 0 aromatic heterocycles. The molecule has 1 rings (SSSR count). The smallest absolute Gasteiger partial charge is 0.222 e.